The third-order valence-electron chi connectivity index (χ3n) is 2.74. The minimum absolute atomic E-state index is 0.0476. The van der Waals surface area contributed by atoms with Crippen LogP contribution in [0.15, 0.2) is 6.07 Å². The van der Waals surface area contributed by atoms with E-state index in [2.05, 4.69) is 31.9 Å². The van der Waals surface area contributed by atoms with Crippen molar-refractivity contribution in [2.75, 3.05) is 7.05 Å². The van der Waals surface area contributed by atoms with Crippen LogP contribution in [0, 0.1) is 0 Å². The molecule has 0 radical (unpaired) electrons. The molecule has 1 aliphatic rings. The second kappa shape index (κ2) is 3.08. The van der Waals surface area contributed by atoms with Crippen LogP contribution in [-0.4, -0.2) is 27.6 Å². The summed E-state index contributed by atoms with van der Waals surface area (Å²) in [6, 6.07) is 2.10. The summed E-state index contributed by atoms with van der Waals surface area (Å²) in [5, 5.41) is 4.48. The Balaban J connectivity index is 2.37. The van der Waals surface area contributed by atoms with E-state index in [1.165, 1.54) is 0 Å². The Morgan fingerprint density at radius 3 is 2.60 bits per heavy atom. The molecule has 0 aliphatic carbocycles. The summed E-state index contributed by atoms with van der Waals surface area (Å²) in [5.74, 6) is 0.131. The molecule has 0 N–H and O–H groups in total. The summed E-state index contributed by atoms with van der Waals surface area (Å²) in [5.41, 5.74) is 2.23. The molecular weight excluding hydrogens is 190 g/mol. The second-order valence-electron chi connectivity index (χ2n) is 5.18. The highest BCUT2D eigenvalue weighted by molar-refractivity contribution is 5.76. The third kappa shape index (κ3) is 1.76. The van der Waals surface area contributed by atoms with E-state index < -0.39 is 0 Å². The van der Waals surface area contributed by atoms with Crippen LogP contribution in [0.4, 0.5) is 0 Å². The van der Waals surface area contributed by atoms with Crippen molar-refractivity contribution >= 4 is 5.91 Å². The zero-order valence-electron chi connectivity index (χ0n) is 9.74. The number of likely N-dealkylation sites (N-methyl/N-ethyl adjacent to an activating group) is 1. The van der Waals surface area contributed by atoms with Crippen LogP contribution >= 0.6 is 0 Å². The van der Waals surface area contributed by atoms with Gasteiger partial charge in [-0.05, 0) is 6.07 Å². The van der Waals surface area contributed by atoms with Gasteiger partial charge in [0.25, 0.3) is 0 Å². The van der Waals surface area contributed by atoms with E-state index in [9.17, 15) is 4.79 Å². The number of amides is 1. The van der Waals surface area contributed by atoms with Crippen LogP contribution in [-0.2, 0) is 23.3 Å². The van der Waals surface area contributed by atoms with E-state index in [1.807, 2.05) is 11.7 Å². The number of fused-ring (bicyclic) bond motifs is 1. The lowest BCUT2D eigenvalue weighted by atomic mass is 9.92. The Hall–Kier alpha value is -1.32. The number of carbonyl (C=O) groups is 1. The number of nitrogens with zero attached hydrogens (tertiary/aromatic N) is 3. The van der Waals surface area contributed by atoms with E-state index >= 15 is 0 Å². The maximum absolute atomic E-state index is 11.5. The molecule has 2 heterocycles. The van der Waals surface area contributed by atoms with Gasteiger partial charge in [0.1, 0.15) is 6.54 Å². The number of aromatic nitrogens is 2. The first kappa shape index (κ1) is 10.2. The third-order valence-corrected chi connectivity index (χ3v) is 2.74. The summed E-state index contributed by atoms with van der Waals surface area (Å²) in [6.07, 6.45) is 0. The van der Waals surface area contributed by atoms with Crippen molar-refractivity contribution in [2.45, 2.75) is 39.3 Å². The molecule has 2 rings (SSSR count). The monoisotopic (exact) mass is 207 g/mol. The minimum atomic E-state index is 0.0476. The molecule has 0 aromatic carbocycles. The van der Waals surface area contributed by atoms with Gasteiger partial charge in [0.05, 0.1) is 17.9 Å². The molecule has 1 amide bonds. The lowest BCUT2D eigenvalue weighted by molar-refractivity contribution is -0.132. The quantitative estimate of drug-likeness (QED) is 0.640. The van der Waals surface area contributed by atoms with Crippen LogP contribution in [0.25, 0.3) is 0 Å². The van der Waals surface area contributed by atoms with Crippen molar-refractivity contribution in [3.8, 4) is 0 Å². The molecule has 0 saturated heterocycles. The smallest absolute Gasteiger partial charge is 0.244 e. The molecule has 0 unspecified atom stereocenters. The van der Waals surface area contributed by atoms with Crippen molar-refractivity contribution in [1.82, 2.24) is 14.7 Å². The topological polar surface area (TPSA) is 38.1 Å². The van der Waals surface area contributed by atoms with Crippen LogP contribution < -0.4 is 0 Å². The Bertz CT molecular complexity index is 400. The normalized spacial score (nSPS) is 16.8. The molecule has 1 aromatic rings. The summed E-state index contributed by atoms with van der Waals surface area (Å²) in [6.45, 7) is 7.44. The molecular formula is C11H17N3O. The van der Waals surface area contributed by atoms with Crippen LogP contribution in [0.2, 0.25) is 0 Å². The molecule has 0 fully saturated rings. The second-order valence-corrected chi connectivity index (χ2v) is 5.18. The fraction of sp³-hybridized carbons (Fsp3) is 0.636. The van der Waals surface area contributed by atoms with E-state index in [-0.39, 0.29) is 11.3 Å². The molecule has 15 heavy (non-hydrogen) atoms. The summed E-state index contributed by atoms with van der Waals surface area (Å²) < 4.78 is 1.82. The SMILES string of the molecule is CN1Cc2cc(C(C)(C)C)nn2CC1=O. The Labute approximate surface area is 89.9 Å². The average Bonchev–Trinajstić information content (AvgIpc) is 2.47. The predicted molar refractivity (Wildman–Crippen MR) is 57.4 cm³/mol. The molecule has 1 aliphatic heterocycles. The van der Waals surface area contributed by atoms with Gasteiger partial charge in [-0.1, -0.05) is 20.8 Å². The Kier molecular flexibility index (Phi) is 2.10. The number of rotatable bonds is 0. The molecule has 82 valence electrons. The highest BCUT2D eigenvalue weighted by Gasteiger charge is 2.25. The molecule has 1 aromatic heterocycles. The van der Waals surface area contributed by atoms with E-state index in [0.717, 1.165) is 11.4 Å². The van der Waals surface area contributed by atoms with E-state index in [1.54, 1.807) is 4.90 Å². The highest BCUT2D eigenvalue weighted by atomic mass is 16.2. The van der Waals surface area contributed by atoms with Crippen molar-refractivity contribution in [3.05, 3.63) is 17.5 Å². The van der Waals surface area contributed by atoms with Crippen LogP contribution in [0.5, 0.6) is 0 Å². The highest BCUT2D eigenvalue weighted by Crippen LogP contribution is 2.23. The first-order valence-corrected chi connectivity index (χ1v) is 5.19. The number of carbonyl (C=O) groups excluding carboxylic acids is 1. The molecule has 4 heteroatoms. The van der Waals surface area contributed by atoms with Gasteiger partial charge in [0.15, 0.2) is 0 Å². The molecule has 4 nitrogen and oxygen atoms in total. The first-order chi connectivity index (χ1) is 6.88. The lowest BCUT2D eigenvalue weighted by Crippen LogP contribution is -2.36. The average molecular weight is 207 g/mol. The largest absolute Gasteiger partial charge is 0.338 e. The first-order valence-electron chi connectivity index (χ1n) is 5.19. The van der Waals surface area contributed by atoms with Gasteiger partial charge in [-0.3, -0.25) is 9.48 Å². The van der Waals surface area contributed by atoms with Crippen LogP contribution in [0.3, 0.4) is 0 Å². The fourth-order valence-corrected chi connectivity index (χ4v) is 1.67. The Morgan fingerprint density at radius 2 is 2.00 bits per heavy atom. The lowest BCUT2D eigenvalue weighted by Gasteiger charge is -2.23. The van der Waals surface area contributed by atoms with Gasteiger partial charge < -0.3 is 4.90 Å². The van der Waals surface area contributed by atoms with Crippen molar-refractivity contribution in [1.29, 1.82) is 0 Å². The van der Waals surface area contributed by atoms with Crippen molar-refractivity contribution in [3.63, 3.8) is 0 Å². The van der Waals surface area contributed by atoms with E-state index in [4.69, 9.17) is 0 Å². The van der Waals surface area contributed by atoms with Gasteiger partial charge >= 0.3 is 0 Å². The van der Waals surface area contributed by atoms with Gasteiger partial charge in [-0.25, -0.2) is 0 Å². The van der Waals surface area contributed by atoms with Gasteiger partial charge in [-0.15, -0.1) is 0 Å². The van der Waals surface area contributed by atoms with Crippen molar-refractivity contribution < 1.29 is 4.79 Å². The minimum Gasteiger partial charge on any atom is -0.338 e. The van der Waals surface area contributed by atoms with Gasteiger partial charge in [-0.2, -0.15) is 5.10 Å². The molecule has 0 saturated carbocycles. The summed E-state index contributed by atoms with van der Waals surface area (Å²) in [4.78, 5) is 13.2. The van der Waals surface area contributed by atoms with Crippen LogP contribution in [0.1, 0.15) is 32.2 Å². The van der Waals surface area contributed by atoms with Gasteiger partial charge in [0, 0.05) is 12.5 Å². The van der Waals surface area contributed by atoms with Crippen molar-refractivity contribution in [2.24, 2.45) is 0 Å². The van der Waals surface area contributed by atoms with Gasteiger partial charge in [0.2, 0.25) is 5.91 Å². The maximum atomic E-state index is 11.5. The molecule has 0 atom stereocenters. The number of hydrogen-bond donors (Lipinski definition) is 0. The Morgan fingerprint density at radius 1 is 1.33 bits per heavy atom. The standard InChI is InChI=1S/C11H17N3O/c1-11(2,3)9-5-8-6-13(4)10(15)7-14(8)12-9/h5H,6-7H2,1-4H3. The summed E-state index contributed by atoms with van der Waals surface area (Å²) in [7, 11) is 1.83. The zero-order valence-corrected chi connectivity index (χ0v) is 9.74. The van der Waals surface area contributed by atoms with E-state index in [0.29, 0.717) is 13.1 Å². The maximum Gasteiger partial charge on any atom is 0.244 e. The zero-order chi connectivity index (χ0) is 11.2. The summed E-state index contributed by atoms with van der Waals surface area (Å²) >= 11 is 0. The number of hydrogen-bond acceptors (Lipinski definition) is 2. The molecule has 0 spiro atoms. The fourth-order valence-electron chi connectivity index (χ4n) is 1.67. The predicted octanol–water partition coefficient (Wildman–Crippen LogP) is 1.15. The molecule has 0 bridgehead atoms.